The number of carbonyl (C=O) groups excluding carboxylic acids is 2. The normalized spacial score (nSPS) is 18.7. The highest BCUT2D eigenvalue weighted by atomic mass is 19.3. The minimum Gasteiger partial charge on any atom is -0.435 e. The molecule has 0 saturated carbocycles. The van der Waals surface area contributed by atoms with E-state index in [9.17, 15) is 18.4 Å². The maximum absolute atomic E-state index is 12.7. The van der Waals surface area contributed by atoms with Crippen LogP contribution < -0.4 is 10.1 Å². The second kappa shape index (κ2) is 8.96. The van der Waals surface area contributed by atoms with Crippen molar-refractivity contribution in [3.05, 3.63) is 29.8 Å². The Hall–Kier alpha value is -2.18. The molecule has 0 bridgehead atoms. The van der Waals surface area contributed by atoms with Crippen LogP contribution in [0.4, 0.5) is 8.78 Å². The SMILES string of the molecule is CC(C)C(=O)N1CCCC[C@H]1C(=O)N[C@@H](C)c1ccc(OC(F)F)cc1. The molecule has 1 heterocycles. The predicted octanol–water partition coefficient (Wildman–Crippen LogP) is 3.50. The summed E-state index contributed by atoms with van der Waals surface area (Å²) < 4.78 is 28.7. The van der Waals surface area contributed by atoms with Gasteiger partial charge >= 0.3 is 6.61 Å². The number of nitrogens with one attached hydrogen (secondary N) is 1. The highest BCUT2D eigenvalue weighted by Gasteiger charge is 2.33. The Balaban J connectivity index is 2.01. The molecule has 1 aliphatic rings. The van der Waals surface area contributed by atoms with Crippen molar-refractivity contribution in [3.8, 4) is 5.75 Å². The molecule has 1 aromatic carbocycles. The maximum atomic E-state index is 12.7. The lowest BCUT2D eigenvalue weighted by molar-refractivity contribution is -0.144. The van der Waals surface area contributed by atoms with E-state index in [1.807, 2.05) is 20.8 Å². The van der Waals surface area contributed by atoms with Gasteiger partial charge in [0, 0.05) is 12.5 Å². The van der Waals surface area contributed by atoms with Crippen molar-refractivity contribution in [2.24, 2.45) is 5.92 Å². The van der Waals surface area contributed by atoms with Gasteiger partial charge in [0.1, 0.15) is 11.8 Å². The highest BCUT2D eigenvalue weighted by molar-refractivity contribution is 5.88. The molecule has 2 amide bonds. The van der Waals surface area contributed by atoms with Gasteiger partial charge in [-0.3, -0.25) is 9.59 Å². The fraction of sp³-hybridized carbons (Fsp3) is 0.579. The van der Waals surface area contributed by atoms with Gasteiger partial charge in [0.2, 0.25) is 11.8 Å². The Kier molecular flexibility index (Phi) is 6.94. The molecule has 2 atom stereocenters. The molecule has 1 N–H and O–H groups in total. The maximum Gasteiger partial charge on any atom is 0.387 e. The second-order valence-electron chi connectivity index (χ2n) is 6.88. The Morgan fingerprint density at radius 1 is 1.15 bits per heavy atom. The van der Waals surface area contributed by atoms with Crippen molar-refractivity contribution < 1.29 is 23.1 Å². The van der Waals surface area contributed by atoms with E-state index in [0.29, 0.717) is 13.0 Å². The zero-order valence-electron chi connectivity index (χ0n) is 15.4. The Bertz CT molecular complexity index is 620. The standard InChI is InChI=1S/C19H26F2N2O3/c1-12(2)18(25)23-11-5-4-6-16(23)17(24)22-13(3)14-7-9-15(10-8-14)26-19(20)21/h7-10,12-13,16,19H,4-6,11H2,1-3H3,(H,22,24)/t13-,16-/m0/s1. The van der Waals surface area contributed by atoms with Gasteiger partial charge in [-0.25, -0.2) is 0 Å². The number of halogens is 2. The number of nitrogens with zero attached hydrogens (tertiary/aromatic N) is 1. The van der Waals surface area contributed by atoms with Crippen LogP contribution in [0.15, 0.2) is 24.3 Å². The van der Waals surface area contributed by atoms with E-state index >= 15 is 0 Å². The molecule has 0 unspecified atom stereocenters. The molecule has 7 heteroatoms. The van der Waals surface area contributed by atoms with Crippen LogP contribution in [0.5, 0.6) is 5.75 Å². The highest BCUT2D eigenvalue weighted by Crippen LogP contribution is 2.22. The van der Waals surface area contributed by atoms with Crippen LogP contribution in [-0.4, -0.2) is 35.9 Å². The largest absolute Gasteiger partial charge is 0.435 e. The number of amides is 2. The summed E-state index contributed by atoms with van der Waals surface area (Å²) in [5.74, 6) is -0.267. The van der Waals surface area contributed by atoms with Gasteiger partial charge < -0.3 is 15.0 Å². The zero-order chi connectivity index (χ0) is 19.3. The van der Waals surface area contributed by atoms with Crippen molar-refractivity contribution in [2.75, 3.05) is 6.54 Å². The average Bonchev–Trinajstić information content (AvgIpc) is 2.61. The van der Waals surface area contributed by atoms with Crippen LogP contribution in [0.25, 0.3) is 0 Å². The number of rotatable bonds is 6. The van der Waals surface area contributed by atoms with Crippen molar-refractivity contribution in [3.63, 3.8) is 0 Å². The lowest BCUT2D eigenvalue weighted by Crippen LogP contribution is -2.53. The number of ether oxygens (including phenoxy) is 1. The van der Waals surface area contributed by atoms with Crippen LogP contribution in [0.3, 0.4) is 0 Å². The van der Waals surface area contributed by atoms with Crippen LogP contribution in [0, 0.1) is 5.92 Å². The molecule has 1 fully saturated rings. The molecule has 26 heavy (non-hydrogen) atoms. The van der Waals surface area contributed by atoms with E-state index in [1.54, 1.807) is 17.0 Å². The lowest BCUT2D eigenvalue weighted by atomic mass is 9.98. The quantitative estimate of drug-likeness (QED) is 0.836. The van der Waals surface area contributed by atoms with Crippen molar-refractivity contribution in [1.29, 1.82) is 0 Å². The summed E-state index contributed by atoms with van der Waals surface area (Å²) in [5, 5.41) is 2.93. The second-order valence-corrected chi connectivity index (χ2v) is 6.88. The number of carbonyl (C=O) groups is 2. The number of benzene rings is 1. The van der Waals surface area contributed by atoms with Gasteiger partial charge in [0.25, 0.3) is 0 Å². The van der Waals surface area contributed by atoms with Gasteiger partial charge in [0.15, 0.2) is 0 Å². The Morgan fingerprint density at radius 3 is 2.38 bits per heavy atom. The summed E-state index contributed by atoms with van der Waals surface area (Å²) in [7, 11) is 0. The summed E-state index contributed by atoms with van der Waals surface area (Å²) in [5.41, 5.74) is 0.775. The third-order valence-corrected chi connectivity index (χ3v) is 4.55. The van der Waals surface area contributed by atoms with E-state index < -0.39 is 12.7 Å². The van der Waals surface area contributed by atoms with Gasteiger partial charge in [-0.15, -0.1) is 0 Å². The smallest absolute Gasteiger partial charge is 0.387 e. The van der Waals surface area contributed by atoms with Crippen LogP contribution in [-0.2, 0) is 9.59 Å². The third-order valence-electron chi connectivity index (χ3n) is 4.55. The summed E-state index contributed by atoms with van der Waals surface area (Å²) in [6, 6.07) is 5.41. The third kappa shape index (κ3) is 5.16. The van der Waals surface area contributed by atoms with Crippen LogP contribution >= 0.6 is 0 Å². The first-order valence-corrected chi connectivity index (χ1v) is 8.95. The molecular weight excluding hydrogens is 342 g/mol. The molecule has 144 valence electrons. The van der Waals surface area contributed by atoms with Crippen LogP contribution in [0.1, 0.15) is 51.6 Å². The first-order valence-electron chi connectivity index (χ1n) is 8.95. The molecule has 5 nitrogen and oxygen atoms in total. The topological polar surface area (TPSA) is 58.6 Å². The average molecular weight is 368 g/mol. The monoisotopic (exact) mass is 368 g/mol. The molecule has 0 aromatic heterocycles. The van der Waals surface area contributed by atoms with Gasteiger partial charge in [-0.1, -0.05) is 26.0 Å². The summed E-state index contributed by atoms with van der Waals surface area (Å²) in [6.45, 7) is 3.21. The van der Waals surface area contributed by atoms with Gasteiger partial charge in [-0.05, 0) is 43.9 Å². The first kappa shape index (κ1) is 20.1. The fourth-order valence-corrected chi connectivity index (χ4v) is 3.13. The Labute approximate surface area is 152 Å². The number of piperidine rings is 1. The molecular formula is C19H26F2N2O3. The molecule has 1 aliphatic heterocycles. The molecule has 0 spiro atoms. The summed E-state index contributed by atoms with van der Waals surface area (Å²) >= 11 is 0. The van der Waals surface area contributed by atoms with E-state index in [4.69, 9.17) is 0 Å². The number of alkyl halides is 2. The number of likely N-dealkylation sites (tertiary alicyclic amines) is 1. The number of hydrogen-bond acceptors (Lipinski definition) is 3. The Morgan fingerprint density at radius 2 is 1.81 bits per heavy atom. The van der Waals surface area contributed by atoms with E-state index in [0.717, 1.165) is 18.4 Å². The van der Waals surface area contributed by atoms with E-state index in [1.165, 1.54) is 12.1 Å². The molecule has 2 rings (SSSR count). The molecule has 0 aliphatic carbocycles. The first-order chi connectivity index (χ1) is 12.3. The fourth-order valence-electron chi connectivity index (χ4n) is 3.13. The number of hydrogen-bond donors (Lipinski definition) is 1. The van der Waals surface area contributed by atoms with Crippen molar-refractivity contribution in [1.82, 2.24) is 10.2 Å². The van der Waals surface area contributed by atoms with E-state index in [2.05, 4.69) is 10.1 Å². The molecule has 0 radical (unpaired) electrons. The minimum atomic E-state index is -2.87. The van der Waals surface area contributed by atoms with Gasteiger partial charge in [0.05, 0.1) is 6.04 Å². The lowest BCUT2D eigenvalue weighted by Gasteiger charge is -2.36. The van der Waals surface area contributed by atoms with E-state index in [-0.39, 0.29) is 29.5 Å². The zero-order valence-corrected chi connectivity index (χ0v) is 15.4. The van der Waals surface area contributed by atoms with Crippen molar-refractivity contribution >= 4 is 11.8 Å². The summed E-state index contributed by atoms with van der Waals surface area (Å²) in [6.07, 6.45) is 2.47. The van der Waals surface area contributed by atoms with Crippen molar-refractivity contribution in [2.45, 2.75) is 58.7 Å². The van der Waals surface area contributed by atoms with Crippen LogP contribution in [0.2, 0.25) is 0 Å². The predicted molar refractivity (Wildman–Crippen MR) is 93.8 cm³/mol. The minimum absolute atomic E-state index is 0.00833. The molecule has 1 saturated heterocycles. The summed E-state index contributed by atoms with van der Waals surface area (Å²) in [4.78, 5) is 26.7. The van der Waals surface area contributed by atoms with Gasteiger partial charge in [-0.2, -0.15) is 8.78 Å². The molecule has 1 aromatic rings.